The number of nitrogens with two attached hydrogens (primary N) is 1. The number of rotatable bonds is 5. The number of pyridine rings is 1. The van der Waals surface area contributed by atoms with Gasteiger partial charge in [0.2, 0.25) is 0 Å². The number of halogens is 1. The predicted molar refractivity (Wildman–Crippen MR) is 95.0 cm³/mol. The van der Waals surface area contributed by atoms with Crippen LogP contribution in [0.15, 0.2) is 47.1 Å². The molecule has 2 heterocycles. The van der Waals surface area contributed by atoms with Gasteiger partial charge in [-0.05, 0) is 27.6 Å². The van der Waals surface area contributed by atoms with Crippen molar-refractivity contribution in [3.8, 4) is 0 Å². The summed E-state index contributed by atoms with van der Waals surface area (Å²) in [6.45, 7) is -0.0940. The fraction of sp³-hybridized carbons (Fsp3) is 0.125. The van der Waals surface area contributed by atoms with E-state index in [1.165, 1.54) is 0 Å². The van der Waals surface area contributed by atoms with E-state index in [0.717, 1.165) is 15.7 Å². The van der Waals surface area contributed by atoms with Crippen molar-refractivity contribution >= 4 is 39.0 Å². The molecule has 0 radical (unpaired) electrons. The summed E-state index contributed by atoms with van der Waals surface area (Å²) >= 11 is 3.44. The minimum Gasteiger partial charge on any atom is -0.396 e. The highest BCUT2D eigenvalue weighted by molar-refractivity contribution is 9.10. The molecule has 5 N–H and O–H groups in total. The summed E-state index contributed by atoms with van der Waals surface area (Å²) in [4.78, 5) is 15.8. The first-order valence-corrected chi connectivity index (χ1v) is 8.04. The Morgan fingerprint density at radius 3 is 2.79 bits per heavy atom. The first-order valence-electron chi connectivity index (χ1n) is 7.25. The minimum absolute atomic E-state index is 0.0940. The van der Waals surface area contributed by atoms with Gasteiger partial charge >= 0.3 is 0 Å². The summed E-state index contributed by atoms with van der Waals surface area (Å²) in [5, 5.41) is 11.6. The van der Waals surface area contributed by atoms with E-state index in [2.05, 4.69) is 26.2 Å². The fourth-order valence-corrected chi connectivity index (χ4v) is 2.94. The van der Waals surface area contributed by atoms with Gasteiger partial charge in [-0.3, -0.25) is 14.4 Å². The summed E-state index contributed by atoms with van der Waals surface area (Å²) in [5.74, 6) is -0.000812. The Hall–Kier alpha value is -2.58. The number of imidazole rings is 1. The molecule has 24 heavy (non-hydrogen) atoms. The van der Waals surface area contributed by atoms with Crippen LogP contribution in [0, 0.1) is 0 Å². The third kappa shape index (κ3) is 3.34. The lowest BCUT2D eigenvalue weighted by atomic mass is 10.1. The third-order valence-corrected chi connectivity index (χ3v) is 4.00. The Kier molecular flexibility index (Phi) is 4.68. The van der Waals surface area contributed by atoms with E-state index in [1.54, 1.807) is 11.5 Å². The van der Waals surface area contributed by atoms with Crippen molar-refractivity contribution in [1.29, 1.82) is 0 Å². The number of nitrogens with zero attached hydrogens (tertiary/aromatic N) is 2. The van der Waals surface area contributed by atoms with E-state index >= 15 is 0 Å². The second-order valence-electron chi connectivity index (χ2n) is 5.27. The lowest BCUT2D eigenvalue weighted by Crippen LogP contribution is -2.27. The molecule has 3 aromatic rings. The Balaban J connectivity index is 2.06. The van der Waals surface area contributed by atoms with Crippen LogP contribution in [0.5, 0.6) is 0 Å². The Bertz CT molecular complexity index is 879. The first-order chi connectivity index (χ1) is 11.6. The van der Waals surface area contributed by atoms with Crippen LogP contribution in [-0.2, 0) is 11.2 Å². The van der Waals surface area contributed by atoms with E-state index in [0.29, 0.717) is 23.6 Å². The average molecular weight is 390 g/mol. The highest BCUT2D eigenvalue weighted by Gasteiger charge is 2.16. The largest absolute Gasteiger partial charge is 0.396 e. The zero-order chi connectivity index (χ0) is 17.1. The van der Waals surface area contributed by atoms with E-state index < -0.39 is 5.91 Å². The predicted octanol–water partition coefficient (Wildman–Crippen LogP) is 2.19. The van der Waals surface area contributed by atoms with Gasteiger partial charge in [0.15, 0.2) is 5.65 Å². The number of nitrogens with one attached hydrogen (secondary N) is 2. The van der Waals surface area contributed by atoms with Crippen LogP contribution in [0.2, 0.25) is 0 Å². The number of hydroxylamine groups is 1. The molecule has 124 valence electrons. The molecule has 1 aromatic carbocycles. The number of amides is 1. The lowest BCUT2D eigenvalue weighted by Gasteiger charge is -2.08. The van der Waals surface area contributed by atoms with E-state index in [9.17, 15) is 4.79 Å². The molecular weight excluding hydrogens is 374 g/mol. The van der Waals surface area contributed by atoms with Crippen LogP contribution >= 0.6 is 15.9 Å². The number of carbonyl (C=O) groups is 1. The number of nitrogen functional groups attached to an aromatic ring is 1. The van der Waals surface area contributed by atoms with Crippen LogP contribution in [0.4, 0.5) is 11.5 Å². The van der Waals surface area contributed by atoms with Gasteiger partial charge in [0.05, 0.1) is 17.9 Å². The highest BCUT2D eigenvalue weighted by Crippen LogP contribution is 2.27. The summed E-state index contributed by atoms with van der Waals surface area (Å²) < 4.78 is 2.73. The second-order valence-corrected chi connectivity index (χ2v) is 6.18. The Morgan fingerprint density at radius 1 is 1.33 bits per heavy atom. The number of fused-ring (bicyclic) bond motifs is 1. The van der Waals surface area contributed by atoms with Gasteiger partial charge in [-0.25, -0.2) is 10.5 Å². The van der Waals surface area contributed by atoms with Crippen LogP contribution in [0.1, 0.15) is 11.3 Å². The van der Waals surface area contributed by atoms with Gasteiger partial charge in [0, 0.05) is 17.1 Å². The number of benzene rings is 1. The highest BCUT2D eigenvalue weighted by atomic mass is 79.9. The van der Waals surface area contributed by atoms with Crippen LogP contribution < -0.4 is 16.5 Å². The number of hydrogen-bond acceptors (Lipinski definition) is 5. The molecule has 0 unspecified atom stereocenters. The average Bonchev–Trinajstić information content (AvgIpc) is 2.92. The Labute approximate surface area is 146 Å². The van der Waals surface area contributed by atoms with Crippen molar-refractivity contribution in [3.63, 3.8) is 0 Å². The zero-order valence-corrected chi connectivity index (χ0v) is 14.2. The molecule has 0 saturated heterocycles. The third-order valence-electron chi connectivity index (χ3n) is 3.57. The molecule has 8 heteroatoms. The first kappa shape index (κ1) is 16.3. The van der Waals surface area contributed by atoms with Crippen molar-refractivity contribution in [2.24, 2.45) is 0 Å². The van der Waals surface area contributed by atoms with Crippen LogP contribution in [0.25, 0.3) is 5.65 Å². The monoisotopic (exact) mass is 389 g/mol. The number of aromatic nitrogens is 2. The number of anilines is 2. The van der Waals surface area contributed by atoms with Crippen molar-refractivity contribution in [1.82, 2.24) is 14.9 Å². The second kappa shape index (κ2) is 6.90. The smallest absolute Gasteiger partial charge is 0.262 e. The van der Waals surface area contributed by atoms with Gasteiger partial charge in [0.1, 0.15) is 5.82 Å². The summed E-state index contributed by atoms with van der Waals surface area (Å²) in [6, 6.07) is 11.7. The molecule has 0 bridgehead atoms. The molecule has 3 rings (SSSR count). The van der Waals surface area contributed by atoms with Crippen molar-refractivity contribution in [3.05, 3.63) is 58.3 Å². The molecule has 7 nitrogen and oxygen atoms in total. The maximum absolute atomic E-state index is 11.3. The van der Waals surface area contributed by atoms with Gasteiger partial charge in [-0.15, -0.1) is 0 Å². The van der Waals surface area contributed by atoms with Crippen molar-refractivity contribution in [2.75, 3.05) is 17.6 Å². The van der Waals surface area contributed by atoms with Crippen LogP contribution in [-0.4, -0.2) is 27.0 Å². The maximum atomic E-state index is 11.3. The lowest BCUT2D eigenvalue weighted by molar-refractivity contribution is -0.127. The topological polar surface area (TPSA) is 105 Å². The van der Waals surface area contributed by atoms with Gasteiger partial charge in [-0.2, -0.15) is 0 Å². The summed E-state index contributed by atoms with van der Waals surface area (Å²) in [5.41, 5.74) is 10.8. The van der Waals surface area contributed by atoms with Gasteiger partial charge in [0.25, 0.3) is 5.91 Å². The summed E-state index contributed by atoms with van der Waals surface area (Å²) in [7, 11) is 0. The van der Waals surface area contributed by atoms with Gasteiger partial charge < -0.3 is 11.1 Å². The number of hydrogen-bond donors (Lipinski definition) is 4. The SMILES string of the molecule is Nc1cc(Br)cn2c(Cc3ccccc3)c(NCC(=O)NO)nc12. The fourth-order valence-electron chi connectivity index (χ4n) is 2.49. The standard InChI is InChI=1S/C16H16BrN5O2/c17-11-7-12(18)16-20-15(19-8-14(23)21-24)13(22(16)9-11)6-10-4-2-1-3-5-10/h1-5,7,9,19,24H,6,8,18H2,(H,21,23). The van der Waals surface area contributed by atoms with Crippen molar-refractivity contribution in [2.45, 2.75) is 6.42 Å². The van der Waals surface area contributed by atoms with E-state index in [1.807, 2.05) is 40.9 Å². The molecule has 0 fully saturated rings. The van der Waals surface area contributed by atoms with Crippen LogP contribution in [0.3, 0.4) is 0 Å². The molecule has 0 atom stereocenters. The molecule has 2 aromatic heterocycles. The Morgan fingerprint density at radius 2 is 2.08 bits per heavy atom. The molecule has 0 aliphatic carbocycles. The maximum Gasteiger partial charge on any atom is 0.262 e. The quantitative estimate of drug-likeness (QED) is 0.395. The molecule has 0 spiro atoms. The molecule has 0 aliphatic heterocycles. The normalized spacial score (nSPS) is 10.8. The van der Waals surface area contributed by atoms with E-state index in [4.69, 9.17) is 10.9 Å². The zero-order valence-electron chi connectivity index (χ0n) is 12.7. The van der Waals surface area contributed by atoms with Crippen molar-refractivity contribution < 1.29 is 10.0 Å². The molecule has 1 amide bonds. The molecule has 0 aliphatic rings. The number of carbonyl (C=O) groups excluding carboxylic acids is 1. The molecule has 0 saturated carbocycles. The van der Waals surface area contributed by atoms with E-state index in [-0.39, 0.29) is 6.54 Å². The van der Waals surface area contributed by atoms with Gasteiger partial charge in [-0.1, -0.05) is 30.3 Å². The minimum atomic E-state index is -0.549. The summed E-state index contributed by atoms with van der Waals surface area (Å²) in [6.07, 6.45) is 2.50. The molecular formula is C16H16BrN5O2.